The van der Waals surface area contributed by atoms with Gasteiger partial charge in [-0.25, -0.2) is 0 Å². The molecule has 2 N–H and O–H groups in total. The number of aliphatic hydroxyl groups excluding tert-OH is 1. The highest BCUT2D eigenvalue weighted by Gasteiger charge is 2.25. The summed E-state index contributed by atoms with van der Waals surface area (Å²) in [6.45, 7) is 4.08. The SMILES string of the molecule is Cc1ccccc1C(O)CN1CCC(C(=O)O)CC1. The fraction of sp³-hybridized carbons (Fsp3) is 0.533. The van der Waals surface area contributed by atoms with E-state index in [9.17, 15) is 9.90 Å². The molecule has 1 aromatic carbocycles. The predicted octanol–water partition coefficient (Wildman–Crippen LogP) is 1.83. The van der Waals surface area contributed by atoms with Crippen LogP contribution in [0.15, 0.2) is 24.3 Å². The molecule has 0 aromatic heterocycles. The highest BCUT2D eigenvalue weighted by atomic mass is 16.4. The van der Waals surface area contributed by atoms with Gasteiger partial charge in [-0.2, -0.15) is 0 Å². The highest BCUT2D eigenvalue weighted by Crippen LogP contribution is 2.22. The van der Waals surface area contributed by atoms with E-state index in [1.54, 1.807) is 0 Å². The van der Waals surface area contributed by atoms with Crippen LogP contribution in [0, 0.1) is 12.8 Å². The summed E-state index contributed by atoms with van der Waals surface area (Å²) < 4.78 is 0. The van der Waals surface area contributed by atoms with Crippen LogP contribution in [0.4, 0.5) is 0 Å². The maximum absolute atomic E-state index is 10.9. The van der Waals surface area contributed by atoms with Gasteiger partial charge in [-0.05, 0) is 44.0 Å². The van der Waals surface area contributed by atoms with Gasteiger partial charge in [0, 0.05) is 6.54 Å². The Morgan fingerprint density at radius 1 is 1.37 bits per heavy atom. The molecular weight excluding hydrogens is 242 g/mol. The summed E-state index contributed by atoms with van der Waals surface area (Å²) in [6.07, 6.45) is 0.855. The quantitative estimate of drug-likeness (QED) is 0.870. The van der Waals surface area contributed by atoms with E-state index in [1.807, 2.05) is 31.2 Å². The van der Waals surface area contributed by atoms with Crippen LogP contribution in [0.5, 0.6) is 0 Å². The molecular formula is C15H21NO3. The molecule has 1 aromatic rings. The van der Waals surface area contributed by atoms with Crippen LogP contribution in [0.2, 0.25) is 0 Å². The first kappa shape index (κ1) is 14.0. The second kappa shape index (κ2) is 6.17. The van der Waals surface area contributed by atoms with Crippen LogP contribution in [0.25, 0.3) is 0 Å². The van der Waals surface area contributed by atoms with Gasteiger partial charge in [-0.15, -0.1) is 0 Å². The zero-order valence-corrected chi connectivity index (χ0v) is 11.2. The van der Waals surface area contributed by atoms with Gasteiger partial charge >= 0.3 is 5.97 Å². The van der Waals surface area contributed by atoms with Crippen LogP contribution in [-0.4, -0.2) is 40.7 Å². The van der Waals surface area contributed by atoms with Crippen LogP contribution >= 0.6 is 0 Å². The predicted molar refractivity (Wildman–Crippen MR) is 72.9 cm³/mol. The molecule has 1 fully saturated rings. The molecule has 0 bridgehead atoms. The Labute approximate surface area is 113 Å². The molecule has 4 heteroatoms. The normalized spacial score (nSPS) is 19.3. The summed E-state index contributed by atoms with van der Waals surface area (Å²) in [7, 11) is 0. The molecule has 0 spiro atoms. The summed E-state index contributed by atoms with van der Waals surface area (Å²) in [5.41, 5.74) is 2.05. The number of hydrogen-bond acceptors (Lipinski definition) is 3. The highest BCUT2D eigenvalue weighted by molar-refractivity contribution is 5.70. The number of β-amino-alcohol motifs (C(OH)–C–C–N with tert-alkyl or cyclic N) is 1. The molecule has 1 aliphatic rings. The molecule has 1 unspecified atom stereocenters. The largest absolute Gasteiger partial charge is 0.481 e. The number of aliphatic hydroxyl groups is 1. The van der Waals surface area contributed by atoms with Crippen LogP contribution in [0.1, 0.15) is 30.1 Å². The standard InChI is InChI=1S/C15H21NO3/c1-11-4-2-3-5-13(11)14(17)10-16-8-6-12(7-9-16)15(18)19/h2-5,12,14,17H,6-10H2,1H3,(H,18,19). The molecule has 1 heterocycles. The number of carboxylic acid groups (broad SMARTS) is 1. The van der Waals surface area contributed by atoms with Crippen LogP contribution < -0.4 is 0 Å². The smallest absolute Gasteiger partial charge is 0.306 e. The minimum Gasteiger partial charge on any atom is -0.481 e. The molecule has 4 nitrogen and oxygen atoms in total. The lowest BCUT2D eigenvalue weighted by Crippen LogP contribution is -2.38. The number of benzene rings is 1. The van der Waals surface area contributed by atoms with E-state index in [0.717, 1.165) is 24.2 Å². The summed E-state index contributed by atoms with van der Waals surface area (Å²) in [5.74, 6) is -0.911. The summed E-state index contributed by atoms with van der Waals surface area (Å²) in [6, 6.07) is 7.84. The minimum absolute atomic E-state index is 0.216. The number of likely N-dealkylation sites (tertiary alicyclic amines) is 1. The van der Waals surface area contributed by atoms with Gasteiger partial charge in [0.2, 0.25) is 0 Å². The van der Waals surface area contributed by atoms with E-state index >= 15 is 0 Å². The van der Waals surface area contributed by atoms with Gasteiger partial charge in [-0.3, -0.25) is 4.79 Å². The summed E-state index contributed by atoms with van der Waals surface area (Å²) >= 11 is 0. The van der Waals surface area contributed by atoms with E-state index in [-0.39, 0.29) is 5.92 Å². The van der Waals surface area contributed by atoms with Crippen LogP contribution in [0.3, 0.4) is 0 Å². The molecule has 0 radical (unpaired) electrons. The molecule has 0 saturated carbocycles. The first-order valence-electron chi connectivity index (χ1n) is 6.76. The number of piperidine rings is 1. The monoisotopic (exact) mass is 263 g/mol. The average Bonchev–Trinajstić information content (AvgIpc) is 2.39. The lowest BCUT2D eigenvalue weighted by atomic mass is 9.96. The average molecular weight is 263 g/mol. The fourth-order valence-corrected chi connectivity index (χ4v) is 2.67. The van der Waals surface area contributed by atoms with Gasteiger partial charge in [0.05, 0.1) is 12.0 Å². The van der Waals surface area contributed by atoms with Gasteiger partial charge in [0.25, 0.3) is 0 Å². The molecule has 1 aliphatic heterocycles. The number of nitrogens with zero attached hydrogens (tertiary/aromatic N) is 1. The molecule has 1 atom stereocenters. The molecule has 0 amide bonds. The molecule has 19 heavy (non-hydrogen) atoms. The van der Waals surface area contributed by atoms with E-state index in [4.69, 9.17) is 5.11 Å². The molecule has 2 rings (SSSR count). The Morgan fingerprint density at radius 2 is 2.00 bits per heavy atom. The van der Waals surface area contributed by atoms with Crippen molar-refractivity contribution < 1.29 is 15.0 Å². The van der Waals surface area contributed by atoms with Crippen molar-refractivity contribution in [3.8, 4) is 0 Å². The number of rotatable bonds is 4. The zero-order valence-electron chi connectivity index (χ0n) is 11.2. The minimum atomic E-state index is -0.695. The maximum atomic E-state index is 10.9. The third-order valence-corrected chi connectivity index (χ3v) is 3.92. The van der Waals surface area contributed by atoms with Gasteiger partial charge < -0.3 is 15.1 Å². The van der Waals surface area contributed by atoms with Crippen molar-refractivity contribution in [1.29, 1.82) is 0 Å². The van der Waals surface area contributed by atoms with Crippen molar-refractivity contribution in [2.45, 2.75) is 25.9 Å². The van der Waals surface area contributed by atoms with E-state index < -0.39 is 12.1 Å². The summed E-state index contributed by atoms with van der Waals surface area (Å²) in [5, 5.41) is 19.2. The van der Waals surface area contributed by atoms with E-state index in [2.05, 4.69) is 4.90 Å². The van der Waals surface area contributed by atoms with Gasteiger partial charge in [0.1, 0.15) is 0 Å². The van der Waals surface area contributed by atoms with Gasteiger partial charge in [-0.1, -0.05) is 24.3 Å². The Hall–Kier alpha value is -1.39. The Morgan fingerprint density at radius 3 is 2.58 bits per heavy atom. The Balaban J connectivity index is 1.89. The fourth-order valence-electron chi connectivity index (χ4n) is 2.67. The van der Waals surface area contributed by atoms with Crippen molar-refractivity contribution in [2.75, 3.05) is 19.6 Å². The number of aliphatic carboxylic acids is 1. The van der Waals surface area contributed by atoms with Crippen molar-refractivity contribution in [3.63, 3.8) is 0 Å². The lowest BCUT2D eigenvalue weighted by molar-refractivity contribution is -0.143. The van der Waals surface area contributed by atoms with Crippen molar-refractivity contribution in [2.24, 2.45) is 5.92 Å². The first-order chi connectivity index (χ1) is 9.08. The topological polar surface area (TPSA) is 60.8 Å². The third-order valence-electron chi connectivity index (χ3n) is 3.92. The molecule has 104 valence electrons. The van der Waals surface area contributed by atoms with Crippen LogP contribution in [-0.2, 0) is 4.79 Å². The number of carboxylic acids is 1. The first-order valence-corrected chi connectivity index (χ1v) is 6.76. The zero-order chi connectivity index (χ0) is 13.8. The lowest BCUT2D eigenvalue weighted by Gasteiger charge is -2.31. The number of aryl methyl sites for hydroxylation is 1. The molecule has 1 saturated heterocycles. The summed E-state index contributed by atoms with van der Waals surface area (Å²) in [4.78, 5) is 13.0. The number of hydrogen-bond donors (Lipinski definition) is 2. The van der Waals surface area contributed by atoms with Crippen molar-refractivity contribution >= 4 is 5.97 Å². The van der Waals surface area contributed by atoms with Crippen molar-refractivity contribution in [1.82, 2.24) is 4.90 Å². The third kappa shape index (κ3) is 3.55. The van der Waals surface area contributed by atoms with Crippen molar-refractivity contribution in [3.05, 3.63) is 35.4 Å². The maximum Gasteiger partial charge on any atom is 0.306 e. The Kier molecular flexibility index (Phi) is 4.56. The molecule has 0 aliphatic carbocycles. The second-order valence-corrected chi connectivity index (χ2v) is 5.29. The second-order valence-electron chi connectivity index (χ2n) is 5.29. The van der Waals surface area contributed by atoms with E-state index in [0.29, 0.717) is 19.4 Å². The van der Waals surface area contributed by atoms with Gasteiger partial charge in [0.15, 0.2) is 0 Å². The Bertz CT molecular complexity index is 439. The van der Waals surface area contributed by atoms with E-state index in [1.165, 1.54) is 0 Å². The number of carbonyl (C=O) groups is 1.